The molecule has 0 aromatic carbocycles. The maximum atomic E-state index is 8.52. The SMILES string of the molecule is O=S(=O)([O-])[O-].[Ca+2].[H-].[Rb+]. The fourth-order valence-electron chi connectivity index (χ4n) is 0. The molecule has 0 unspecified atom stereocenters. The van der Waals surface area contributed by atoms with E-state index in [2.05, 4.69) is 0 Å². The van der Waals surface area contributed by atoms with Crippen LogP contribution >= 0.6 is 0 Å². The van der Waals surface area contributed by atoms with E-state index in [4.69, 9.17) is 17.5 Å². The average molecular weight is 223 g/mol. The molecule has 0 bridgehead atoms. The van der Waals surface area contributed by atoms with Crippen molar-refractivity contribution < 1.29 is 77.1 Å². The summed E-state index contributed by atoms with van der Waals surface area (Å²) < 4.78 is 34.1. The van der Waals surface area contributed by atoms with Gasteiger partial charge in [0.25, 0.3) is 0 Å². The molecule has 0 aromatic heterocycles. The van der Waals surface area contributed by atoms with Gasteiger partial charge in [0.1, 0.15) is 0 Å². The number of hydrogen-bond acceptors (Lipinski definition) is 4. The third-order valence-electron chi connectivity index (χ3n) is 0. The standard InChI is InChI=1S/Ca.H2O4S.Rb.H/c;1-5(2,3)4;;/h;(H2,1,2,3,4);;/q+2;;+1;-1/p-2. The number of rotatable bonds is 0. The molecule has 0 amide bonds. The minimum Gasteiger partial charge on any atom is -1.00 e. The van der Waals surface area contributed by atoms with Gasteiger partial charge in [-0.3, -0.25) is 8.42 Å². The summed E-state index contributed by atoms with van der Waals surface area (Å²) in [7, 11) is -5.17. The van der Waals surface area contributed by atoms with Gasteiger partial charge in [0, 0.05) is 10.4 Å². The maximum absolute atomic E-state index is 8.52. The predicted molar refractivity (Wildman–Crippen MR) is 17.3 cm³/mol. The van der Waals surface area contributed by atoms with Crippen LogP contribution in [0.5, 0.6) is 0 Å². The van der Waals surface area contributed by atoms with Gasteiger partial charge in [-0.05, 0) is 0 Å². The Hall–Kier alpha value is 2.93. The van der Waals surface area contributed by atoms with Crippen molar-refractivity contribution in [3.8, 4) is 0 Å². The molecule has 0 fully saturated rings. The van der Waals surface area contributed by atoms with Crippen LogP contribution in [0.4, 0.5) is 0 Å². The van der Waals surface area contributed by atoms with Crippen molar-refractivity contribution in [1.29, 1.82) is 0 Å². The van der Waals surface area contributed by atoms with E-state index < -0.39 is 10.4 Å². The predicted octanol–water partition coefficient (Wildman–Crippen LogP) is -4.60. The first kappa shape index (κ1) is 16.5. The van der Waals surface area contributed by atoms with E-state index in [0.29, 0.717) is 0 Å². The topological polar surface area (TPSA) is 80.3 Å². The van der Waals surface area contributed by atoms with Crippen LogP contribution in [0.3, 0.4) is 0 Å². The van der Waals surface area contributed by atoms with E-state index in [9.17, 15) is 0 Å². The van der Waals surface area contributed by atoms with E-state index in [1.165, 1.54) is 0 Å². The molecule has 7 heavy (non-hydrogen) atoms. The molecule has 0 heterocycles. The summed E-state index contributed by atoms with van der Waals surface area (Å²) in [5.74, 6) is 0. The van der Waals surface area contributed by atoms with Crippen molar-refractivity contribution in [2.24, 2.45) is 0 Å². The summed E-state index contributed by atoms with van der Waals surface area (Å²) in [6.07, 6.45) is 0. The monoisotopic (exact) mass is 222 g/mol. The molecule has 0 aliphatic heterocycles. The van der Waals surface area contributed by atoms with Crippen molar-refractivity contribution >= 4 is 48.1 Å². The molecular weight excluding hydrogens is 222 g/mol. The Labute approximate surface area is 122 Å². The van der Waals surface area contributed by atoms with Crippen LogP contribution in [0.25, 0.3) is 0 Å². The minimum atomic E-state index is -5.17. The quantitative estimate of drug-likeness (QED) is 0.235. The van der Waals surface area contributed by atoms with Gasteiger partial charge in [-0.2, -0.15) is 0 Å². The minimum absolute atomic E-state index is 0. The first-order chi connectivity index (χ1) is 2.00. The van der Waals surface area contributed by atoms with Crippen molar-refractivity contribution in [2.45, 2.75) is 0 Å². The Morgan fingerprint density at radius 2 is 1.29 bits per heavy atom. The Bertz CT molecular complexity index is 99.2. The number of hydrogen-bond donors (Lipinski definition) is 0. The van der Waals surface area contributed by atoms with Gasteiger partial charge in [-0.25, -0.2) is 0 Å². The van der Waals surface area contributed by atoms with Crippen LogP contribution < -0.4 is 58.2 Å². The molecule has 0 saturated carbocycles. The Kier molecular flexibility index (Phi) is 16.6. The first-order valence-electron chi connectivity index (χ1n) is 0.667. The zero-order chi connectivity index (χ0) is 4.50. The van der Waals surface area contributed by atoms with Gasteiger partial charge in [0.2, 0.25) is 0 Å². The van der Waals surface area contributed by atoms with Gasteiger partial charge >= 0.3 is 95.9 Å². The molecule has 4 nitrogen and oxygen atoms in total. The fourth-order valence-corrected chi connectivity index (χ4v) is 0. The van der Waals surface area contributed by atoms with Crippen LogP contribution in [0.15, 0.2) is 0 Å². The van der Waals surface area contributed by atoms with Crippen molar-refractivity contribution in [1.82, 2.24) is 0 Å². The summed E-state index contributed by atoms with van der Waals surface area (Å²) >= 11 is 0. The van der Waals surface area contributed by atoms with Gasteiger partial charge in [0.05, 0.1) is 0 Å². The summed E-state index contributed by atoms with van der Waals surface area (Å²) in [5.41, 5.74) is 0. The fraction of sp³-hybridized carbons (Fsp3) is 0. The van der Waals surface area contributed by atoms with E-state index in [1.807, 2.05) is 0 Å². The second-order valence-electron chi connectivity index (χ2n) is 0.408. The third kappa shape index (κ3) is 49.9. The van der Waals surface area contributed by atoms with Gasteiger partial charge < -0.3 is 10.5 Å². The molecule has 0 N–H and O–H groups in total. The third-order valence-corrected chi connectivity index (χ3v) is 0. The van der Waals surface area contributed by atoms with E-state index in [-0.39, 0.29) is 97.4 Å². The summed E-state index contributed by atoms with van der Waals surface area (Å²) in [6, 6.07) is 0. The van der Waals surface area contributed by atoms with Crippen LogP contribution in [0.1, 0.15) is 1.43 Å². The molecule has 7 heteroatoms. The zero-order valence-corrected chi connectivity index (χ0v) is 11.7. The Morgan fingerprint density at radius 3 is 1.29 bits per heavy atom. The van der Waals surface area contributed by atoms with Crippen molar-refractivity contribution in [3.05, 3.63) is 0 Å². The van der Waals surface area contributed by atoms with E-state index in [0.717, 1.165) is 0 Å². The van der Waals surface area contributed by atoms with Crippen LogP contribution in [0.2, 0.25) is 0 Å². The van der Waals surface area contributed by atoms with E-state index in [1.54, 1.807) is 0 Å². The second kappa shape index (κ2) is 7.05. The second-order valence-corrected chi connectivity index (χ2v) is 1.22. The summed E-state index contributed by atoms with van der Waals surface area (Å²) in [4.78, 5) is 0. The molecular formula is HCaO4RbS. The van der Waals surface area contributed by atoms with Crippen molar-refractivity contribution in [2.75, 3.05) is 0 Å². The maximum Gasteiger partial charge on any atom is 2.00 e. The summed E-state index contributed by atoms with van der Waals surface area (Å²) in [5, 5.41) is 0. The molecule has 0 rings (SSSR count). The van der Waals surface area contributed by atoms with Crippen LogP contribution in [0, 0.1) is 0 Å². The molecule has 0 aliphatic rings. The van der Waals surface area contributed by atoms with Gasteiger partial charge in [-0.1, -0.05) is 0 Å². The summed E-state index contributed by atoms with van der Waals surface area (Å²) in [6.45, 7) is 0. The zero-order valence-electron chi connectivity index (χ0n) is 4.75. The van der Waals surface area contributed by atoms with E-state index >= 15 is 0 Å². The molecule has 0 radical (unpaired) electrons. The van der Waals surface area contributed by atoms with Gasteiger partial charge in [0.15, 0.2) is 0 Å². The molecule has 0 atom stereocenters. The molecule has 0 saturated heterocycles. The molecule has 0 aromatic rings. The van der Waals surface area contributed by atoms with Crippen LogP contribution in [-0.4, -0.2) is 55.3 Å². The largest absolute Gasteiger partial charge is 2.00 e. The van der Waals surface area contributed by atoms with Gasteiger partial charge in [-0.15, -0.1) is 0 Å². The molecule has 0 spiro atoms. The van der Waals surface area contributed by atoms with Crippen molar-refractivity contribution in [3.63, 3.8) is 0 Å². The molecule has 34 valence electrons. The van der Waals surface area contributed by atoms with Crippen LogP contribution in [-0.2, 0) is 10.4 Å². The smallest absolute Gasteiger partial charge is 1.00 e. The molecule has 0 aliphatic carbocycles. The average Bonchev–Trinajstić information content (AvgIpc) is 0.722. The Morgan fingerprint density at radius 1 is 1.29 bits per heavy atom. The normalized spacial score (nSPS) is 8.29. The Balaban J connectivity index is -0.0000000267. The first-order valence-corrected chi connectivity index (χ1v) is 2.00.